The Kier molecular flexibility index (Phi) is 4.51. The van der Waals surface area contributed by atoms with Crippen LogP contribution in [-0.2, 0) is 0 Å². The fourth-order valence-electron chi connectivity index (χ4n) is 3.18. The molecule has 1 fully saturated rings. The molecule has 0 saturated carbocycles. The Morgan fingerprint density at radius 3 is 2.73 bits per heavy atom. The number of carbonyl (C=O) groups excluding carboxylic acids is 1. The van der Waals surface area contributed by atoms with Crippen LogP contribution in [0.15, 0.2) is 67.0 Å². The van der Waals surface area contributed by atoms with E-state index < -0.39 is 0 Å². The summed E-state index contributed by atoms with van der Waals surface area (Å²) < 4.78 is 1.65. The second kappa shape index (κ2) is 7.26. The Morgan fingerprint density at radius 1 is 1.08 bits per heavy atom. The van der Waals surface area contributed by atoms with E-state index in [-0.39, 0.29) is 12.1 Å². The zero-order chi connectivity index (χ0) is 17.8. The van der Waals surface area contributed by atoms with Gasteiger partial charge in [0, 0.05) is 30.5 Å². The van der Waals surface area contributed by atoms with Crippen LogP contribution >= 0.6 is 0 Å². The summed E-state index contributed by atoms with van der Waals surface area (Å²) in [5, 5.41) is 13.7. The number of amides is 2. The van der Waals surface area contributed by atoms with E-state index in [1.807, 2.05) is 42.5 Å². The van der Waals surface area contributed by atoms with Crippen LogP contribution in [0.25, 0.3) is 5.69 Å². The van der Waals surface area contributed by atoms with Gasteiger partial charge in [-0.05, 0) is 36.8 Å². The number of nitrogens with one attached hydrogen (secondary N) is 2. The van der Waals surface area contributed by atoms with Crippen LogP contribution in [0.2, 0.25) is 0 Å². The second-order valence-electron chi connectivity index (χ2n) is 6.26. The molecule has 1 aliphatic rings. The van der Waals surface area contributed by atoms with Gasteiger partial charge in [0.05, 0.1) is 18.1 Å². The lowest BCUT2D eigenvalue weighted by atomic mass is 10.2. The SMILES string of the molecule is O=C(Nc1cccc(-n2ccnn2)c1)N[C@H]1CCN(c2ccccc2)C1. The highest BCUT2D eigenvalue weighted by Crippen LogP contribution is 2.20. The third-order valence-corrected chi connectivity index (χ3v) is 4.44. The summed E-state index contributed by atoms with van der Waals surface area (Å²) in [4.78, 5) is 14.6. The summed E-state index contributed by atoms with van der Waals surface area (Å²) >= 11 is 0. The lowest BCUT2D eigenvalue weighted by Gasteiger charge is -2.19. The molecule has 2 aromatic carbocycles. The first-order chi connectivity index (χ1) is 12.8. The lowest BCUT2D eigenvalue weighted by molar-refractivity contribution is 0.249. The Bertz CT molecular complexity index is 865. The number of urea groups is 1. The van der Waals surface area contributed by atoms with Gasteiger partial charge in [-0.2, -0.15) is 0 Å². The lowest BCUT2D eigenvalue weighted by Crippen LogP contribution is -2.39. The largest absolute Gasteiger partial charge is 0.369 e. The van der Waals surface area contributed by atoms with E-state index in [4.69, 9.17) is 0 Å². The molecule has 1 saturated heterocycles. The van der Waals surface area contributed by atoms with Gasteiger partial charge >= 0.3 is 6.03 Å². The minimum Gasteiger partial charge on any atom is -0.369 e. The van der Waals surface area contributed by atoms with Crippen molar-refractivity contribution >= 4 is 17.4 Å². The van der Waals surface area contributed by atoms with E-state index in [1.165, 1.54) is 5.69 Å². The van der Waals surface area contributed by atoms with Crippen LogP contribution < -0.4 is 15.5 Å². The summed E-state index contributed by atoms with van der Waals surface area (Å²) in [5.41, 5.74) is 2.75. The number of aromatic nitrogens is 3. The highest BCUT2D eigenvalue weighted by Gasteiger charge is 2.23. The first kappa shape index (κ1) is 16.1. The minimum absolute atomic E-state index is 0.133. The van der Waals surface area contributed by atoms with E-state index in [1.54, 1.807) is 17.1 Å². The number of para-hydroxylation sites is 1. The van der Waals surface area contributed by atoms with Crippen molar-refractivity contribution < 1.29 is 4.79 Å². The van der Waals surface area contributed by atoms with E-state index in [9.17, 15) is 4.79 Å². The van der Waals surface area contributed by atoms with Crippen LogP contribution in [0.4, 0.5) is 16.2 Å². The third-order valence-electron chi connectivity index (χ3n) is 4.44. The van der Waals surface area contributed by atoms with Gasteiger partial charge in [0.2, 0.25) is 0 Å². The third kappa shape index (κ3) is 3.66. The molecular weight excluding hydrogens is 328 g/mol. The molecule has 1 aromatic heterocycles. The highest BCUT2D eigenvalue weighted by molar-refractivity contribution is 5.89. The molecule has 3 aromatic rings. The molecule has 4 rings (SSSR count). The first-order valence-corrected chi connectivity index (χ1v) is 8.62. The van der Waals surface area contributed by atoms with Gasteiger partial charge in [0.25, 0.3) is 0 Å². The first-order valence-electron chi connectivity index (χ1n) is 8.62. The monoisotopic (exact) mass is 348 g/mol. The number of hydrogen-bond donors (Lipinski definition) is 2. The van der Waals surface area contributed by atoms with Crippen LogP contribution in [0, 0.1) is 0 Å². The molecule has 0 spiro atoms. The van der Waals surface area contributed by atoms with Gasteiger partial charge in [0.1, 0.15) is 0 Å². The minimum atomic E-state index is -0.194. The average Bonchev–Trinajstić information content (AvgIpc) is 3.35. The Labute approximate surface area is 151 Å². The van der Waals surface area contributed by atoms with Gasteiger partial charge in [-0.25, -0.2) is 9.48 Å². The summed E-state index contributed by atoms with van der Waals surface area (Å²) in [6, 6.07) is 17.7. The standard InChI is InChI=1S/C19H20N6O/c26-19(21-15-5-4-8-18(13-15)25-12-10-20-23-25)22-16-9-11-24(14-16)17-6-2-1-3-7-17/h1-8,10,12-13,16H,9,11,14H2,(H2,21,22,26)/t16-/m0/s1. The number of carbonyl (C=O) groups is 1. The molecule has 0 bridgehead atoms. The van der Waals surface area contributed by atoms with Gasteiger partial charge in [-0.15, -0.1) is 5.10 Å². The fourth-order valence-corrected chi connectivity index (χ4v) is 3.18. The molecule has 2 heterocycles. The Morgan fingerprint density at radius 2 is 1.92 bits per heavy atom. The van der Waals surface area contributed by atoms with Crippen LogP contribution in [0.1, 0.15) is 6.42 Å². The summed E-state index contributed by atoms with van der Waals surface area (Å²) in [5.74, 6) is 0. The topological polar surface area (TPSA) is 75.1 Å². The van der Waals surface area contributed by atoms with Gasteiger partial charge in [0.15, 0.2) is 0 Å². The predicted molar refractivity (Wildman–Crippen MR) is 101 cm³/mol. The Balaban J connectivity index is 1.34. The Hall–Kier alpha value is -3.35. The van der Waals surface area contributed by atoms with Crippen LogP contribution in [0.5, 0.6) is 0 Å². The van der Waals surface area contributed by atoms with E-state index in [2.05, 4.69) is 38.0 Å². The van der Waals surface area contributed by atoms with Gasteiger partial charge < -0.3 is 15.5 Å². The summed E-state index contributed by atoms with van der Waals surface area (Å²) in [6.07, 6.45) is 4.31. The zero-order valence-corrected chi connectivity index (χ0v) is 14.2. The quantitative estimate of drug-likeness (QED) is 0.760. The molecule has 1 aliphatic heterocycles. The second-order valence-corrected chi connectivity index (χ2v) is 6.26. The van der Waals surface area contributed by atoms with Crippen molar-refractivity contribution in [2.45, 2.75) is 12.5 Å². The van der Waals surface area contributed by atoms with Crippen molar-refractivity contribution in [2.24, 2.45) is 0 Å². The maximum atomic E-state index is 12.3. The summed E-state index contributed by atoms with van der Waals surface area (Å²) in [6.45, 7) is 1.76. The van der Waals surface area contributed by atoms with Crippen molar-refractivity contribution in [1.82, 2.24) is 20.3 Å². The number of nitrogens with zero attached hydrogens (tertiary/aromatic N) is 4. The number of anilines is 2. The number of rotatable bonds is 4. The van der Waals surface area contributed by atoms with E-state index in [0.717, 1.165) is 25.2 Å². The number of hydrogen-bond acceptors (Lipinski definition) is 4. The van der Waals surface area contributed by atoms with Crippen LogP contribution in [0.3, 0.4) is 0 Å². The molecule has 1 atom stereocenters. The molecule has 132 valence electrons. The highest BCUT2D eigenvalue weighted by atomic mass is 16.2. The maximum absolute atomic E-state index is 12.3. The van der Waals surface area contributed by atoms with Gasteiger partial charge in [-0.3, -0.25) is 0 Å². The fraction of sp³-hybridized carbons (Fsp3) is 0.211. The van der Waals surface area contributed by atoms with E-state index >= 15 is 0 Å². The van der Waals surface area contributed by atoms with Crippen molar-refractivity contribution in [2.75, 3.05) is 23.3 Å². The molecule has 2 amide bonds. The molecule has 2 N–H and O–H groups in total. The number of benzene rings is 2. The molecule has 7 heteroatoms. The maximum Gasteiger partial charge on any atom is 0.319 e. The molecule has 0 aliphatic carbocycles. The average molecular weight is 348 g/mol. The van der Waals surface area contributed by atoms with E-state index in [0.29, 0.717) is 5.69 Å². The van der Waals surface area contributed by atoms with Crippen molar-refractivity contribution in [1.29, 1.82) is 0 Å². The molecule has 0 unspecified atom stereocenters. The van der Waals surface area contributed by atoms with Crippen molar-refractivity contribution in [3.63, 3.8) is 0 Å². The molecule has 0 radical (unpaired) electrons. The zero-order valence-electron chi connectivity index (χ0n) is 14.2. The summed E-state index contributed by atoms with van der Waals surface area (Å²) in [7, 11) is 0. The normalized spacial score (nSPS) is 16.5. The van der Waals surface area contributed by atoms with Gasteiger partial charge in [-0.1, -0.05) is 29.5 Å². The molecule has 7 nitrogen and oxygen atoms in total. The van der Waals surface area contributed by atoms with Crippen molar-refractivity contribution in [3.05, 3.63) is 67.0 Å². The predicted octanol–water partition coefficient (Wildman–Crippen LogP) is 2.67. The van der Waals surface area contributed by atoms with Crippen molar-refractivity contribution in [3.8, 4) is 5.69 Å². The molecular formula is C19H20N6O. The molecule has 26 heavy (non-hydrogen) atoms. The smallest absolute Gasteiger partial charge is 0.319 e. The van der Waals surface area contributed by atoms with Crippen LogP contribution in [-0.4, -0.2) is 40.2 Å².